The summed E-state index contributed by atoms with van der Waals surface area (Å²) in [5.74, 6) is 0.608. The summed E-state index contributed by atoms with van der Waals surface area (Å²) in [5, 5.41) is 20.1. The zero-order valence-electron chi connectivity index (χ0n) is 18.8. The molecule has 2 aromatic carbocycles. The molecule has 33 heavy (non-hydrogen) atoms. The van der Waals surface area contributed by atoms with Gasteiger partial charge in [0.05, 0.1) is 11.7 Å². The molecule has 0 aliphatic heterocycles. The third-order valence-electron chi connectivity index (χ3n) is 6.67. The quantitative estimate of drug-likeness (QED) is 0.417. The van der Waals surface area contributed by atoms with E-state index < -0.39 is 5.97 Å². The number of rotatable bonds is 7. The summed E-state index contributed by atoms with van der Waals surface area (Å²) in [6.45, 7) is 2.47. The van der Waals surface area contributed by atoms with E-state index in [9.17, 15) is 9.90 Å². The number of carbonyl (C=O) groups excluding carboxylic acids is 1. The maximum Gasteiger partial charge on any atom is 0.258 e. The summed E-state index contributed by atoms with van der Waals surface area (Å²) < 4.78 is 7.28. The Morgan fingerprint density at radius 3 is 2.73 bits per heavy atom. The summed E-state index contributed by atoms with van der Waals surface area (Å²) >= 11 is 0. The number of aromatic nitrogens is 4. The van der Waals surface area contributed by atoms with Gasteiger partial charge in [0.2, 0.25) is 5.82 Å². The first-order valence-electron chi connectivity index (χ1n) is 11.7. The van der Waals surface area contributed by atoms with Crippen LogP contribution in [-0.2, 0) is 17.8 Å². The lowest BCUT2D eigenvalue weighted by Crippen LogP contribution is -2.23. The van der Waals surface area contributed by atoms with E-state index in [4.69, 9.17) is 4.52 Å². The SMILES string of the molecule is CCc1cc(-c2nc(-c3ccc4c(cnn4CCC(=O)[O-])c3)no2)ccc1C1CCCCC1. The average Bonchev–Trinajstić information content (AvgIpc) is 3.50. The number of hydrogen-bond donors (Lipinski definition) is 0. The second-order valence-electron chi connectivity index (χ2n) is 8.79. The van der Waals surface area contributed by atoms with Gasteiger partial charge in [0, 0.05) is 35.4 Å². The van der Waals surface area contributed by atoms with E-state index in [-0.39, 0.29) is 13.0 Å². The lowest BCUT2D eigenvalue weighted by Gasteiger charge is -2.24. The van der Waals surface area contributed by atoms with Gasteiger partial charge in [-0.3, -0.25) is 4.68 Å². The largest absolute Gasteiger partial charge is 0.550 e. The normalized spacial score (nSPS) is 14.7. The highest BCUT2D eigenvalue weighted by molar-refractivity contribution is 5.83. The second kappa shape index (κ2) is 9.17. The molecule has 0 radical (unpaired) electrons. The van der Waals surface area contributed by atoms with Gasteiger partial charge in [-0.05, 0) is 66.6 Å². The van der Waals surface area contributed by atoms with Crippen molar-refractivity contribution in [3.05, 3.63) is 53.7 Å². The molecule has 2 heterocycles. The van der Waals surface area contributed by atoms with Gasteiger partial charge in [-0.2, -0.15) is 10.1 Å². The Morgan fingerprint density at radius 2 is 1.94 bits per heavy atom. The lowest BCUT2D eigenvalue weighted by molar-refractivity contribution is -0.305. The van der Waals surface area contributed by atoms with Crippen molar-refractivity contribution in [1.82, 2.24) is 19.9 Å². The molecule has 0 saturated heterocycles. The van der Waals surface area contributed by atoms with E-state index in [1.165, 1.54) is 43.2 Å². The van der Waals surface area contributed by atoms with E-state index in [2.05, 4.69) is 40.4 Å². The molecular formula is C26H27N4O3-. The van der Waals surface area contributed by atoms with E-state index in [1.54, 1.807) is 10.9 Å². The lowest BCUT2D eigenvalue weighted by atomic mass is 9.81. The minimum absolute atomic E-state index is 0.0774. The number of benzene rings is 2. The topological polar surface area (TPSA) is 96.9 Å². The van der Waals surface area contributed by atoms with Gasteiger partial charge in [0.15, 0.2) is 0 Å². The standard InChI is InChI=1S/C26H28N4O3/c1-2-17-14-20(8-10-22(17)18-6-4-3-5-7-18)26-28-25(29-33-26)19-9-11-23-21(15-19)16-27-30(23)13-12-24(31)32/h8-11,14-16,18H,2-7,12-13H2,1H3,(H,31,32)/p-1. The highest BCUT2D eigenvalue weighted by Crippen LogP contribution is 2.36. The molecule has 0 amide bonds. The van der Waals surface area contributed by atoms with Crippen LogP contribution in [-0.4, -0.2) is 25.9 Å². The molecular weight excluding hydrogens is 416 g/mol. The Balaban J connectivity index is 1.39. The first-order chi connectivity index (χ1) is 16.1. The Hall–Kier alpha value is -3.48. The van der Waals surface area contributed by atoms with Gasteiger partial charge in [-0.1, -0.05) is 37.4 Å². The van der Waals surface area contributed by atoms with E-state index in [0.29, 0.717) is 17.6 Å². The van der Waals surface area contributed by atoms with Crippen molar-refractivity contribution in [1.29, 1.82) is 0 Å². The van der Waals surface area contributed by atoms with Crippen LogP contribution in [0.2, 0.25) is 0 Å². The van der Waals surface area contributed by atoms with Crippen molar-refractivity contribution < 1.29 is 14.4 Å². The molecule has 0 bridgehead atoms. The van der Waals surface area contributed by atoms with Crippen LogP contribution in [0, 0.1) is 0 Å². The Kier molecular flexibility index (Phi) is 5.94. The molecule has 1 fully saturated rings. The van der Waals surface area contributed by atoms with Crippen LogP contribution in [0.5, 0.6) is 0 Å². The van der Waals surface area contributed by atoms with Crippen LogP contribution in [0.4, 0.5) is 0 Å². The predicted molar refractivity (Wildman–Crippen MR) is 123 cm³/mol. The predicted octanol–water partition coefficient (Wildman–Crippen LogP) is 4.50. The number of nitrogens with zero attached hydrogens (tertiary/aromatic N) is 4. The number of hydrogen-bond acceptors (Lipinski definition) is 6. The Labute approximate surface area is 192 Å². The second-order valence-corrected chi connectivity index (χ2v) is 8.79. The molecule has 0 spiro atoms. The monoisotopic (exact) mass is 443 g/mol. The van der Waals surface area contributed by atoms with Gasteiger partial charge in [-0.25, -0.2) is 0 Å². The summed E-state index contributed by atoms with van der Waals surface area (Å²) in [7, 11) is 0. The molecule has 1 aliphatic rings. The molecule has 7 nitrogen and oxygen atoms in total. The Bertz CT molecular complexity index is 1280. The average molecular weight is 444 g/mol. The molecule has 0 atom stereocenters. The summed E-state index contributed by atoms with van der Waals surface area (Å²) in [5.41, 5.74) is 5.47. The van der Waals surface area contributed by atoms with Gasteiger partial charge < -0.3 is 14.4 Å². The number of fused-ring (bicyclic) bond motifs is 1. The zero-order chi connectivity index (χ0) is 22.8. The van der Waals surface area contributed by atoms with Crippen molar-refractivity contribution in [3.63, 3.8) is 0 Å². The van der Waals surface area contributed by atoms with E-state index >= 15 is 0 Å². The van der Waals surface area contributed by atoms with Crippen LogP contribution in [0.1, 0.15) is 62.5 Å². The fourth-order valence-corrected chi connectivity index (χ4v) is 4.92. The van der Waals surface area contributed by atoms with Crippen molar-refractivity contribution in [2.75, 3.05) is 0 Å². The van der Waals surface area contributed by atoms with Crippen LogP contribution >= 0.6 is 0 Å². The Morgan fingerprint density at radius 1 is 1.12 bits per heavy atom. The van der Waals surface area contributed by atoms with Crippen LogP contribution in [0.25, 0.3) is 33.7 Å². The number of aryl methyl sites for hydroxylation is 2. The smallest absolute Gasteiger partial charge is 0.258 e. The fraction of sp³-hybridized carbons (Fsp3) is 0.385. The summed E-state index contributed by atoms with van der Waals surface area (Å²) in [6, 6.07) is 12.3. The fourth-order valence-electron chi connectivity index (χ4n) is 4.92. The van der Waals surface area contributed by atoms with Gasteiger partial charge in [-0.15, -0.1) is 0 Å². The molecule has 7 heteroatoms. The van der Waals surface area contributed by atoms with Gasteiger partial charge >= 0.3 is 0 Å². The van der Waals surface area contributed by atoms with Crippen molar-refractivity contribution in [2.45, 2.75) is 64.3 Å². The van der Waals surface area contributed by atoms with E-state index in [0.717, 1.165) is 28.5 Å². The first-order valence-corrected chi connectivity index (χ1v) is 11.7. The summed E-state index contributed by atoms with van der Waals surface area (Å²) in [4.78, 5) is 15.4. The molecule has 1 saturated carbocycles. The van der Waals surface area contributed by atoms with E-state index in [1.807, 2.05) is 18.2 Å². The zero-order valence-corrected chi connectivity index (χ0v) is 18.8. The molecule has 0 N–H and O–H groups in total. The molecule has 0 unspecified atom stereocenters. The van der Waals surface area contributed by atoms with Crippen LogP contribution < -0.4 is 5.11 Å². The highest BCUT2D eigenvalue weighted by Gasteiger charge is 2.20. The number of carboxylic acids is 1. The molecule has 2 aromatic heterocycles. The molecule has 170 valence electrons. The molecule has 5 rings (SSSR count). The first kappa shape index (κ1) is 21.4. The van der Waals surface area contributed by atoms with Crippen LogP contribution in [0.15, 0.2) is 47.1 Å². The van der Waals surface area contributed by atoms with Crippen molar-refractivity contribution in [2.24, 2.45) is 0 Å². The molecule has 1 aliphatic carbocycles. The third kappa shape index (κ3) is 4.40. The van der Waals surface area contributed by atoms with Crippen molar-refractivity contribution in [3.8, 4) is 22.8 Å². The maximum atomic E-state index is 10.7. The maximum absolute atomic E-state index is 10.7. The minimum Gasteiger partial charge on any atom is -0.550 e. The molecule has 4 aromatic rings. The van der Waals surface area contributed by atoms with Crippen molar-refractivity contribution >= 4 is 16.9 Å². The van der Waals surface area contributed by atoms with Gasteiger partial charge in [0.1, 0.15) is 0 Å². The number of carbonyl (C=O) groups is 1. The van der Waals surface area contributed by atoms with Gasteiger partial charge in [0.25, 0.3) is 5.89 Å². The number of carboxylic acid groups (broad SMARTS) is 1. The minimum atomic E-state index is -1.09. The number of aliphatic carboxylic acids is 1. The highest BCUT2D eigenvalue weighted by atomic mass is 16.5. The third-order valence-corrected chi connectivity index (χ3v) is 6.67. The summed E-state index contributed by atoms with van der Waals surface area (Å²) in [6.07, 6.45) is 9.18. The van der Waals surface area contributed by atoms with Crippen LogP contribution in [0.3, 0.4) is 0 Å².